The SMILES string of the molecule is CCCOc1cccc([C@H]2NC(=S)NC(C)=C2C(=O)OC)c1. The molecule has 1 aliphatic rings. The molecule has 2 N–H and O–H groups in total. The van der Waals surface area contributed by atoms with Gasteiger partial charge in [0.15, 0.2) is 5.11 Å². The molecule has 0 saturated carbocycles. The van der Waals surface area contributed by atoms with Crippen LogP contribution in [0.5, 0.6) is 5.75 Å². The van der Waals surface area contributed by atoms with Crippen LogP contribution in [-0.2, 0) is 9.53 Å². The lowest BCUT2D eigenvalue weighted by Crippen LogP contribution is -2.45. The van der Waals surface area contributed by atoms with E-state index in [2.05, 4.69) is 17.6 Å². The molecular formula is C16H20N2O3S. The Labute approximate surface area is 135 Å². The van der Waals surface area contributed by atoms with E-state index in [1.54, 1.807) is 0 Å². The van der Waals surface area contributed by atoms with Crippen molar-refractivity contribution >= 4 is 23.3 Å². The van der Waals surface area contributed by atoms with Crippen LogP contribution in [0.1, 0.15) is 31.9 Å². The first-order chi connectivity index (χ1) is 10.6. The van der Waals surface area contributed by atoms with E-state index in [-0.39, 0.29) is 12.0 Å². The predicted molar refractivity (Wildman–Crippen MR) is 88.6 cm³/mol. The van der Waals surface area contributed by atoms with E-state index in [0.29, 0.717) is 23.0 Å². The molecule has 5 nitrogen and oxygen atoms in total. The Morgan fingerprint density at radius 3 is 2.86 bits per heavy atom. The number of rotatable bonds is 5. The zero-order valence-corrected chi connectivity index (χ0v) is 13.8. The summed E-state index contributed by atoms with van der Waals surface area (Å²) in [6, 6.07) is 7.29. The van der Waals surface area contributed by atoms with Gasteiger partial charge in [-0.05, 0) is 43.3 Å². The van der Waals surface area contributed by atoms with Gasteiger partial charge in [-0.25, -0.2) is 4.79 Å². The van der Waals surface area contributed by atoms with Crippen LogP contribution in [-0.4, -0.2) is 24.8 Å². The van der Waals surface area contributed by atoms with Crippen LogP contribution in [0.4, 0.5) is 0 Å². The fourth-order valence-corrected chi connectivity index (χ4v) is 2.60. The molecule has 0 unspecified atom stereocenters. The third kappa shape index (κ3) is 3.57. The molecule has 0 radical (unpaired) electrons. The van der Waals surface area contributed by atoms with E-state index < -0.39 is 0 Å². The van der Waals surface area contributed by atoms with Crippen LogP contribution in [0.15, 0.2) is 35.5 Å². The van der Waals surface area contributed by atoms with Crippen molar-refractivity contribution in [2.75, 3.05) is 13.7 Å². The minimum absolute atomic E-state index is 0.355. The van der Waals surface area contributed by atoms with Crippen LogP contribution in [0.3, 0.4) is 0 Å². The number of carbonyl (C=O) groups is 1. The zero-order chi connectivity index (χ0) is 16.1. The quantitative estimate of drug-likeness (QED) is 0.642. The van der Waals surface area contributed by atoms with Crippen molar-refractivity contribution in [2.45, 2.75) is 26.3 Å². The van der Waals surface area contributed by atoms with Gasteiger partial charge in [-0.2, -0.15) is 0 Å². The topological polar surface area (TPSA) is 59.6 Å². The molecule has 118 valence electrons. The van der Waals surface area contributed by atoms with Crippen LogP contribution in [0.2, 0.25) is 0 Å². The molecule has 1 atom stereocenters. The van der Waals surface area contributed by atoms with Gasteiger partial charge in [0, 0.05) is 5.70 Å². The lowest BCUT2D eigenvalue weighted by molar-refractivity contribution is -0.136. The van der Waals surface area contributed by atoms with E-state index in [1.807, 2.05) is 31.2 Å². The van der Waals surface area contributed by atoms with Crippen molar-refractivity contribution in [3.05, 3.63) is 41.1 Å². The maximum absolute atomic E-state index is 12.1. The van der Waals surface area contributed by atoms with E-state index in [9.17, 15) is 4.79 Å². The van der Waals surface area contributed by atoms with Crippen LogP contribution in [0, 0.1) is 0 Å². The van der Waals surface area contributed by atoms with Crippen LogP contribution >= 0.6 is 12.2 Å². The number of hydrogen-bond donors (Lipinski definition) is 2. The monoisotopic (exact) mass is 320 g/mol. The number of ether oxygens (including phenoxy) is 2. The highest BCUT2D eigenvalue weighted by atomic mass is 32.1. The number of esters is 1. The van der Waals surface area contributed by atoms with Gasteiger partial charge >= 0.3 is 5.97 Å². The number of nitrogens with one attached hydrogen (secondary N) is 2. The molecule has 1 heterocycles. The molecule has 1 aliphatic heterocycles. The molecule has 0 saturated heterocycles. The maximum atomic E-state index is 12.1. The van der Waals surface area contributed by atoms with Gasteiger partial charge in [0.25, 0.3) is 0 Å². The second-order valence-electron chi connectivity index (χ2n) is 4.98. The van der Waals surface area contributed by atoms with Gasteiger partial charge in [0.1, 0.15) is 5.75 Å². The first-order valence-electron chi connectivity index (χ1n) is 7.16. The molecule has 6 heteroatoms. The van der Waals surface area contributed by atoms with E-state index in [1.165, 1.54) is 7.11 Å². The number of thiocarbonyl (C=S) groups is 1. The van der Waals surface area contributed by atoms with Gasteiger partial charge in [-0.15, -0.1) is 0 Å². The molecule has 2 rings (SSSR count). The summed E-state index contributed by atoms with van der Waals surface area (Å²) in [6.07, 6.45) is 0.937. The van der Waals surface area contributed by atoms with Crippen molar-refractivity contribution < 1.29 is 14.3 Å². The largest absolute Gasteiger partial charge is 0.494 e. The van der Waals surface area contributed by atoms with Gasteiger partial charge in [-0.3, -0.25) is 0 Å². The first-order valence-corrected chi connectivity index (χ1v) is 7.57. The minimum Gasteiger partial charge on any atom is -0.494 e. The summed E-state index contributed by atoms with van der Waals surface area (Å²) in [5.41, 5.74) is 2.11. The molecule has 0 aliphatic carbocycles. The molecule has 0 aromatic heterocycles. The second-order valence-corrected chi connectivity index (χ2v) is 5.39. The third-order valence-electron chi connectivity index (χ3n) is 3.34. The maximum Gasteiger partial charge on any atom is 0.337 e. The van der Waals surface area contributed by atoms with Crippen molar-refractivity contribution in [3.63, 3.8) is 0 Å². The highest BCUT2D eigenvalue weighted by Gasteiger charge is 2.30. The summed E-state index contributed by atoms with van der Waals surface area (Å²) in [5, 5.41) is 6.56. The predicted octanol–water partition coefficient (Wildman–Crippen LogP) is 2.44. The summed E-state index contributed by atoms with van der Waals surface area (Å²) in [7, 11) is 1.37. The average Bonchev–Trinajstić information content (AvgIpc) is 2.51. The van der Waals surface area contributed by atoms with E-state index >= 15 is 0 Å². The highest BCUT2D eigenvalue weighted by molar-refractivity contribution is 7.80. The summed E-state index contributed by atoms with van der Waals surface area (Å²) in [4.78, 5) is 12.1. The number of methoxy groups -OCH3 is 1. The third-order valence-corrected chi connectivity index (χ3v) is 3.56. The Balaban J connectivity index is 2.37. The van der Waals surface area contributed by atoms with Gasteiger partial charge in [0.2, 0.25) is 0 Å². The minimum atomic E-state index is -0.384. The number of allylic oxidation sites excluding steroid dienone is 1. The molecule has 1 aromatic rings. The Morgan fingerprint density at radius 1 is 1.41 bits per heavy atom. The van der Waals surface area contributed by atoms with Crippen molar-refractivity contribution in [1.29, 1.82) is 0 Å². The lowest BCUT2D eigenvalue weighted by Gasteiger charge is -2.29. The average molecular weight is 320 g/mol. The van der Waals surface area contributed by atoms with Crippen molar-refractivity contribution in [2.24, 2.45) is 0 Å². The van der Waals surface area contributed by atoms with Gasteiger partial charge in [-0.1, -0.05) is 19.1 Å². The second kappa shape index (κ2) is 7.26. The number of hydrogen-bond acceptors (Lipinski definition) is 4. The molecule has 0 amide bonds. The van der Waals surface area contributed by atoms with E-state index in [0.717, 1.165) is 17.7 Å². The summed E-state index contributed by atoms with van der Waals surface area (Å²) >= 11 is 5.20. The molecule has 22 heavy (non-hydrogen) atoms. The number of benzene rings is 1. The fraction of sp³-hybridized carbons (Fsp3) is 0.375. The Morgan fingerprint density at radius 2 is 2.18 bits per heavy atom. The van der Waals surface area contributed by atoms with Gasteiger partial charge < -0.3 is 20.1 Å². The molecule has 1 aromatic carbocycles. The highest BCUT2D eigenvalue weighted by Crippen LogP contribution is 2.29. The normalized spacial score (nSPS) is 17.6. The number of carbonyl (C=O) groups excluding carboxylic acids is 1. The molecular weight excluding hydrogens is 300 g/mol. The summed E-state index contributed by atoms with van der Waals surface area (Å²) < 4.78 is 10.5. The van der Waals surface area contributed by atoms with Gasteiger partial charge in [0.05, 0.1) is 25.3 Å². The van der Waals surface area contributed by atoms with Crippen molar-refractivity contribution in [1.82, 2.24) is 10.6 Å². The fourth-order valence-electron chi connectivity index (χ4n) is 2.33. The van der Waals surface area contributed by atoms with Crippen molar-refractivity contribution in [3.8, 4) is 5.75 Å². The Bertz CT molecular complexity index is 613. The van der Waals surface area contributed by atoms with Crippen LogP contribution in [0.25, 0.3) is 0 Å². The lowest BCUT2D eigenvalue weighted by atomic mass is 9.95. The molecule has 0 fully saturated rings. The molecule has 0 bridgehead atoms. The smallest absolute Gasteiger partial charge is 0.337 e. The van der Waals surface area contributed by atoms with E-state index in [4.69, 9.17) is 21.7 Å². The standard InChI is InChI=1S/C16H20N2O3S/c1-4-8-21-12-7-5-6-11(9-12)14-13(15(19)20-3)10(2)17-16(22)18-14/h5-7,9,14H,4,8H2,1-3H3,(H2,17,18,22)/t14-/m1/s1. The Kier molecular flexibility index (Phi) is 5.38. The first kappa shape index (κ1) is 16.3. The summed E-state index contributed by atoms with van der Waals surface area (Å²) in [5.74, 6) is 0.386. The van der Waals surface area contributed by atoms with Crippen LogP contribution < -0.4 is 15.4 Å². The Hall–Kier alpha value is -2.08. The zero-order valence-electron chi connectivity index (χ0n) is 12.9. The molecule has 0 spiro atoms. The summed E-state index contributed by atoms with van der Waals surface area (Å²) in [6.45, 7) is 4.52.